The van der Waals surface area contributed by atoms with E-state index in [1.54, 1.807) is 18.5 Å². The zero-order valence-electron chi connectivity index (χ0n) is 14.7. The highest BCUT2D eigenvalue weighted by atomic mass is 16.5. The van der Waals surface area contributed by atoms with Gasteiger partial charge in [-0.25, -0.2) is 9.97 Å². The minimum absolute atomic E-state index is 0.0743. The molecule has 3 rings (SSSR count). The van der Waals surface area contributed by atoms with Crippen LogP contribution in [-0.4, -0.2) is 68.0 Å². The van der Waals surface area contributed by atoms with Gasteiger partial charge in [-0.3, -0.25) is 19.9 Å². The van der Waals surface area contributed by atoms with Gasteiger partial charge in [0.25, 0.3) is 0 Å². The molecule has 9 nitrogen and oxygen atoms in total. The van der Waals surface area contributed by atoms with Crippen molar-refractivity contribution < 1.29 is 9.32 Å². The number of hydrogen-bond donors (Lipinski definition) is 1. The fourth-order valence-corrected chi connectivity index (χ4v) is 2.90. The lowest BCUT2D eigenvalue weighted by Gasteiger charge is -2.38. The minimum Gasteiger partial charge on any atom is -0.338 e. The lowest BCUT2D eigenvalue weighted by Crippen LogP contribution is -2.53. The van der Waals surface area contributed by atoms with Crippen LogP contribution in [0.2, 0.25) is 0 Å². The van der Waals surface area contributed by atoms with Crippen molar-refractivity contribution in [3.8, 4) is 0 Å². The molecule has 1 amide bonds. The molecule has 1 fully saturated rings. The molecule has 0 saturated carbocycles. The quantitative estimate of drug-likeness (QED) is 0.852. The Morgan fingerprint density at radius 3 is 2.40 bits per heavy atom. The van der Waals surface area contributed by atoms with E-state index in [2.05, 4.69) is 42.1 Å². The molecule has 2 aromatic heterocycles. The summed E-state index contributed by atoms with van der Waals surface area (Å²) in [6, 6.07) is 1.54. The van der Waals surface area contributed by atoms with Crippen molar-refractivity contribution in [1.29, 1.82) is 0 Å². The summed E-state index contributed by atoms with van der Waals surface area (Å²) in [5.74, 6) is 1.52. The van der Waals surface area contributed by atoms with Crippen LogP contribution in [0.1, 0.15) is 31.6 Å². The van der Waals surface area contributed by atoms with E-state index in [0.717, 1.165) is 26.2 Å². The molecule has 2 aromatic rings. The van der Waals surface area contributed by atoms with E-state index >= 15 is 0 Å². The highest BCUT2D eigenvalue weighted by Gasteiger charge is 2.29. The van der Waals surface area contributed by atoms with Crippen molar-refractivity contribution in [3.05, 3.63) is 30.2 Å². The lowest BCUT2D eigenvalue weighted by atomic mass is 10.2. The van der Waals surface area contributed by atoms with Crippen molar-refractivity contribution in [1.82, 2.24) is 29.9 Å². The second-order valence-electron chi connectivity index (χ2n) is 6.17. The molecule has 0 radical (unpaired) electrons. The van der Waals surface area contributed by atoms with E-state index in [1.165, 1.54) is 0 Å². The normalized spacial score (nSPS) is 18.7. The number of piperazine rings is 1. The molecule has 0 aliphatic carbocycles. The maximum absolute atomic E-state index is 12.4. The third kappa shape index (κ3) is 4.18. The van der Waals surface area contributed by atoms with E-state index < -0.39 is 0 Å². The van der Waals surface area contributed by atoms with Gasteiger partial charge in [-0.2, -0.15) is 4.98 Å². The molecule has 2 unspecified atom stereocenters. The van der Waals surface area contributed by atoms with E-state index in [0.29, 0.717) is 17.7 Å². The van der Waals surface area contributed by atoms with Crippen LogP contribution < -0.4 is 5.32 Å². The molecule has 1 N–H and O–H groups in total. The number of anilines is 1. The summed E-state index contributed by atoms with van der Waals surface area (Å²) in [5.41, 5.74) is 0. The lowest BCUT2D eigenvalue weighted by molar-refractivity contribution is -0.121. The molecule has 25 heavy (non-hydrogen) atoms. The number of aromatic nitrogens is 4. The van der Waals surface area contributed by atoms with Crippen LogP contribution in [0, 0.1) is 6.92 Å². The molecule has 1 aliphatic heterocycles. The average molecular weight is 345 g/mol. The number of rotatable bonds is 5. The highest BCUT2D eigenvalue weighted by Crippen LogP contribution is 2.20. The van der Waals surface area contributed by atoms with Crippen molar-refractivity contribution >= 4 is 11.9 Å². The van der Waals surface area contributed by atoms with E-state index in [1.807, 2.05) is 13.8 Å². The molecule has 0 spiro atoms. The maximum Gasteiger partial charge on any atom is 0.243 e. The van der Waals surface area contributed by atoms with Gasteiger partial charge in [0.05, 0.1) is 12.1 Å². The Hall–Kier alpha value is -2.39. The molecule has 0 bridgehead atoms. The molecular weight excluding hydrogens is 322 g/mol. The molecule has 3 heterocycles. The molecule has 9 heteroatoms. The smallest absolute Gasteiger partial charge is 0.243 e. The second kappa shape index (κ2) is 7.66. The fraction of sp³-hybridized carbons (Fsp3) is 0.562. The Morgan fingerprint density at radius 2 is 1.80 bits per heavy atom. The van der Waals surface area contributed by atoms with Crippen LogP contribution in [0.25, 0.3) is 0 Å². The van der Waals surface area contributed by atoms with Gasteiger partial charge < -0.3 is 4.52 Å². The number of carbonyl (C=O) groups excluding carboxylic acids is 1. The van der Waals surface area contributed by atoms with Crippen LogP contribution in [-0.2, 0) is 4.79 Å². The molecule has 1 saturated heterocycles. The SMILES string of the molecule is Cc1noc(C(C)N2CCN(C(C)C(=O)Nc3ncccn3)CC2)n1. The Bertz CT molecular complexity index is 698. The zero-order chi connectivity index (χ0) is 17.8. The Labute approximate surface area is 146 Å². The standard InChI is InChI=1S/C16H23N7O2/c1-11(14(24)20-16-17-5-4-6-18-16)22-7-9-23(10-8-22)12(2)15-19-13(3)21-25-15/h4-6,11-12H,7-10H2,1-3H3,(H,17,18,20,24). The first-order valence-corrected chi connectivity index (χ1v) is 8.41. The third-order valence-corrected chi connectivity index (χ3v) is 4.53. The first-order valence-electron chi connectivity index (χ1n) is 8.41. The van der Waals surface area contributed by atoms with Crippen molar-refractivity contribution in [2.75, 3.05) is 31.5 Å². The van der Waals surface area contributed by atoms with Crippen molar-refractivity contribution in [3.63, 3.8) is 0 Å². The third-order valence-electron chi connectivity index (χ3n) is 4.53. The van der Waals surface area contributed by atoms with E-state index in [4.69, 9.17) is 4.52 Å². The van der Waals surface area contributed by atoms with Gasteiger partial charge in [-0.15, -0.1) is 0 Å². The van der Waals surface area contributed by atoms with E-state index in [9.17, 15) is 4.79 Å². The Balaban J connectivity index is 1.52. The van der Waals surface area contributed by atoms with Crippen LogP contribution in [0.15, 0.2) is 23.0 Å². The van der Waals surface area contributed by atoms with E-state index in [-0.39, 0.29) is 18.0 Å². The highest BCUT2D eigenvalue weighted by molar-refractivity contribution is 5.93. The van der Waals surface area contributed by atoms with Crippen LogP contribution in [0.4, 0.5) is 5.95 Å². The summed E-state index contributed by atoms with van der Waals surface area (Å²) in [5, 5.41) is 6.60. The van der Waals surface area contributed by atoms with Gasteiger partial charge in [-0.1, -0.05) is 5.16 Å². The maximum atomic E-state index is 12.4. The predicted molar refractivity (Wildman–Crippen MR) is 90.7 cm³/mol. The minimum atomic E-state index is -0.244. The monoisotopic (exact) mass is 345 g/mol. The van der Waals surface area contributed by atoms with Gasteiger partial charge in [0.15, 0.2) is 5.82 Å². The second-order valence-corrected chi connectivity index (χ2v) is 6.17. The largest absolute Gasteiger partial charge is 0.338 e. The predicted octanol–water partition coefficient (Wildman–Crippen LogP) is 0.874. The molecular formula is C16H23N7O2. The molecule has 0 aromatic carbocycles. The summed E-state index contributed by atoms with van der Waals surface area (Å²) >= 11 is 0. The molecule has 2 atom stereocenters. The molecule has 1 aliphatic rings. The Morgan fingerprint density at radius 1 is 1.16 bits per heavy atom. The van der Waals surface area contributed by atoms with Crippen LogP contribution in [0.3, 0.4) is 0 Å². The number of carbonyl (C=O) groups is 1. The summed E-state index contributed by atoms with van der Waals surface area (Å²) in [4.78, 5) is 29.2. The number of nitrogens with zero attached hydrogens (tertiary/aromatic N) is 6. The summed E-state index contributed by atoms with van der Waals surface area (Å²) < 4.78 is 5.26. The topological polar surface area (TPSA) is 100 Å². The Kier molecular flexibility index (Phi) is 5.34. The van der Waals surface area contributed by atoms with Gasteiger partial charge in [0.2, 0.25) is 17.7 Å². The van der Waals surface area contributed by atoms with Crippen molar-refractivity contribution in [2.24, 2.45) is 0 Å². The van der Waals surface area contributed by atoms with Crippen molar-refractivity contribution in [2.45, 2.75) is 32.9 Å². The van der Waals surface area contributed by atoms with Crippen LogP contribution in [0.5, 0.6) is 0 Å². The van der Waals surface area contributed by atoms with Gasteiger partial charge in [0.1, 0.15) is 0 Å². The summed E-state index contributed by atoms with van der Waals surface area (Å²) in [7, 11) is 0. The van der Waals surface area contributed by atoms with Gasteiger partial charge in [-0.05, 0) is 26.8 Å². The average Bonchev–Trinajstić information content (AvgIpc) is 3.08. The summed E-state index contributed by atoms with van der Waals surface area (Å²) in [6.07, 6.45) is 3.21. The summed E-state index contributed by atoms with van der Waals surface area (Å²) in [6.45, 7) is 9.03. The first-order chi connectivity index (χ1) is 12.0. The molecule has 134 valence electrons. The number of nitrogens with one attached hydrogen (secondary N) is 1. The number of aryl methyl sites for hydroxylation is 1. The first kappa shape index (κ1) is 17.4. The fourth-order valence-electron chi connectivity index (χ4n) is 2.90. The van der Waals surface area contributed by atoms with Crippen LogP contribution >= 0.6 is 0 Å². The number of amides is 1. The zero-order valence-corrected chi connectivity index (χ0v) is 14.7. The number of hydrogen-bond acceptors (Lipinski definition) is 8. The van der Waals surface area contributed by atoms with Gasteiger partial charge >= 0.3 is 0 Å². The van der Waals surface area contributed by atoms with Gasteiger partial charge in [0, 0.05) is 38.6 Å².